The first-order valence-electron chi connectivity index (χ1n) is 8.43. The third-order valence-electron chi connectivity index (χ3n) is 6.26. The van der Waals surface area contributed by atoms with Gasteiger partial charge in [-0.3, -0.25) is 9.59 Å². The Bertz CT molecular complexity index is 466. The fourth-order valence-electron chi connectivity index (χ4n) is 6.62. The predicted molar refractivity (Wildman–Crippen MR) is 82.7 cm³/mol. The lowest BCUT2D eigenvalue weighted by Crippen LogP contribution is -2.56. The van der Waals surface area contributed by atoms with Crippen LogP contribution in [0.4, 0.5) is 0 Å². The molecule has 4 fully saturated rings. The van der Waals surface area contributed by atoms with Crippen molar-refractivity contribution in [1.82, 2.24) is 5.32 Å². The molecule has 3 atom stereocenters. The lowest BCUT2D eigenvalue weighted by molar-refractivity contribution is -0.156. The molecule has 21 heavy (non-hydrogen) atoms. The van der Waals surface area contributed by atoms with Gasteiger partial charge in [0.05, 0.1) is 6.04 Å². The van der Waals surface area contributed by atoms with Crippen LogP contribution in [0, 0.1) is 22.2 Å². The molecule has 3 unspecified atom stereocenters. The summed E-state index contributed by atoms with van der Waals surface area (Å²) in [7, 11) is 0. The number of rotatable bonds is 4. The molecule has 3 heteroatoms. The van der Waals surface area contributed by atoms with E-state index in [1.165, 1.54) is 45.4 Å². The summed E-state index contributed by atoms with van der Waals surface area (Å²) >= 11 is 0. The fraction of sp³-hybridized carbons (Fsp3) is 0.889. The molecule has 1 amide bonds. The number of Topliss-reactive ketones (excluding diaryl/α,β-unsaturated/α-hetero) is 1. The first kappa shape index (κ1) is 15.1. The highest BCUT2D eigenvalue weighted by molar-refractivity contribution is 5.87. The molecule has 0 aromatic rings. The topological polar surface area (TPSA) is 46.2 Å². The third-order valence-corrected chi connectivity index (χ3v) is 6.26. The number of nitrogens with one attached hydrogen (secondary N) is 1. The molecule has 4 bridgehead atoms. The van der Waals surface area contributed by atoms with Gasteiger partial charge in [-0.25, -0.2) is 0 Å². The van der Waals surface area contributed by atoms with Gasteiger partial charge in [-0.2, -0.15) is 0 Å². The average Bonchev–Trinajstić information content (AvgIpc) is 2.21. The highest BCUT2D eigenvalue weighted by atomic mass is 16.2. The summed E-state index contributed by atoms with van der Waals surface area (Å²) in [4.78, 5) is 23.7. The molecule has 3 nitrogen and oxygen atoms in total. The predicted octanol–water partition coefficient (Wildman–Crippen LogP) is 3.47. The quantitative estimate of drug-likeness (QED) is 0.862. The summed E-state index contributed by atoms with van der Waals surface area (Å²) in [6.45, 7) is 8.18. The number of carbonyl (C=O) groups is 2. The van der Waals surface area contributed by atoms with Crippen LogP contribution in [0.25, 0.3) is 0 Å². The van der Waals surface area contributed by atoms with Gasteiger partial charge in [0, 0.05) is 6.42 Å². The molecule has 4 aliphatic rings. The van der Waals surface area contributed by atoms with Crippen LogP contribution in [-0.4, -0.2) is 17.7 Å². The summed E-state index contributed by atoms with van der Waals surface area (Å²) in [6, 6.07) is -0.349. The van der Waals surface area contributed by atoms with Crippen molar-refractivity contribution in [3.05, 3.63) is 0 Å². The number of ketones is 1. The zero-order valence-corrected chi connectivity index (χ0v) is 13.9. The number of amides is 1. The van der Waals surface area contributed by atoms with Gasteiger partial charge in [0.1, 0.15) is 0 Å². The van der Waals surface area contributed by atoms with Gasteiger partial charge >= 0.3 is 0 Å². The standard InChI is InChI=1S/C18H29NO2/c1-12(13(2)20)19-15(21)8-18-7-14-5-16(3,10-18)9-17(4,6-14)11-18/h12,14H,5-11H2,1-4H3,(H,19,21). The van der Waals surface area contributed by atoms with Crippen molar-refractivity contribution >= 4 is 11.7 Å². The van der Waals surface area contributed by atoms with Gasteiger partial charge in [0.2, 0.25) is 5.91 Å². The van der Waals surface area contributed by atoms with E-state index in [9.17, 15) is 9.59 Å². The molecule has 4 saturated carbocycles. The van der Waals surface area contributed by atoms with Crippen molar-refractivity contribution in [1.29, 1.82) is 0 Å². The normalized spacial score (nSPS) is 45.4. The van der Waals surface area contributed by atoms with Gasteiger partial charge in [-0.1, -0.05) is 13.8 Å². The van der Waals surface area contributed by atoms with E-state index in [0.29, 0.717) is 17.3 Å². The Hall–Kier alpha value is -0.860. The number of hydrogen-bond acceptors (Lipinski definition) is 2. The Morgan fingerprint density at radius 2 is 1.67 bits per heavy atom. The highest BCUT2D eigenvalue weighted by Crippen LogP contribution is 2.70. The minimum Gasteiger partial charge on any atom is -0.347 e. The maximum atomic E-state index is 12.4. The highest BCUT2D eigenvalue weighted by Gasteiger charge is 2.60. The first-order chi connectivity index (χ1) is 9.63. The zero-order valence-electron chi connectivity index (χ0n) is 13.9. The summed E-state index contributed by atoms with van der Waals surface area (Å²) in [5.74, 6) is 0.925. The van der Waals surface area contributed by atoms with Crippen LogP contribution >= 0.6 is 0 Å². The Kier molecular flexibility index (Phi) is 3.27. The smallest absolute Gasteiger partial charge is 0.221 e. The van der Waals surface area contributed by atoms with Crippen molar-refractivity contribution in [2.45, 2.75) is 78.7 Å². The van der Waals surface area contributed by atoms with Crippen LogP contribution < -0.4 is 5.32 Å². The van der Waals surface area contributed by atoms with Crippen LogP contribution in [-0.2, 0) is 9.59 Å². The molecular weight excluding hydrogens is 262 g/mol. The Morgan fingerprint density at radius 1 is 1.10 bits per heavy atom. The largest absolute Gasteiger partial charge is 0.347 e. The second-order valence-electron chi connectivity index (χ2n) is 9.21. The van der Waals surface area contributed by atoms with E-state index in [-0.39, 0.29) is 23.1 Å². The molecule has 0 aromatic carbocycles. The summed E-state index contributed by atoms with van der Waals surface area (Å²) in [6.07, 6.45) is 8.30. The first-order valence-corrected chi connectivity index (χ1v) is 8.43. The van der Waals surface area contributed by atoms with E-state index >= 15 is 0 Å². The van der Waals surface area contributed by atoms with Gasteiger partial charge < -0.3 is 5.32 Å². The van der Waals surface area contributed by atoms with E-state index in [1.807, 2.05) is 0 Å². The summed E-state index contributed by atoms with van der Waals surface area (Å²) < 4.78 is 0. The third kappa shape index (κ3) is 2.76. The minimum absolute atomic E-state index is 0.0350. The second-order valence-corrected chi connectivity index (χ2v) is 9.21. The lowest BCUT2D eigenvalue weighted by Gasteiger charge is -2.65. The van der Waals surface area contributed by atoms with Crippen LogP contribution in [0.3, 0.4) is 0 Å². The van der Waals surface area contributed by atoms with Crippen molar-refractivity contribution in [2.75, 3.05) is 0 Å². The monoisotopic (exact) mass is 291 g/mol. The van der Waals surface area contributed by atoms with Crippen LogP contribution in [0.2, 0.25) is 0 Å². The Balaban J connectivity index is 1.73. The van der Waals surface area contributed by atoms with Crippen LogP contribution in [0.1, 0.15) is 72.6 Å². The minimum atomic E-state index is -0.349. The van der Waals surface area contributed by atoms with Gasteiger partial charge in [-0.05, 0) is 74.5 Å². The van der Waals surface area contributed by atoms with Crippen molar-refractivity contribution in [3.63, 3.8) is 0 Å². The summed E-state index contributed by atoms with van der Waals surface area (Å²) in [5, 5.41) is 2.89. The van der Waals surface area contributed by atoms with Gasteiger partial charge in [0.15, 0.2) is 5.78 Å². The SMILES string of the molecule is CC(=O)C(C)NC(=O)CC12CC3CC(C)(CC(C)(C3)C1)C2. The molecule has 118 valence electrons. The molecule has 0 heterocycles. The molecule has 0 spiro atoms. The summed E-state index contributed by atoms with van der Waals surface area (Å²) in [5.41, 5.74) is 1.09. The van der Waals surface area contributed by atoms with E-state index in [4.69, 9.17) is 0 Å². The average molecular weight is 291 g/mol. The van der Waals surface area contributed by atoms with Gasteiger partial charge in [0.25, 0.3) is 0 Å². The maximum Gasteiger partial charge on any atom is 0.221 e. The van der Waals surface area contributed by atoms with Crippen molar-refractivity contribution in [3.8, 4) is 0 Å². The number of carbonyl (C=O) groups excluding carboxylic acids is 2. The molecule has 0 radical (unpaired) electrons. The van der Waals surface area contributed by atoms with Crippen molar-refractivity contribution in [2.24, 2.45) is 22.2 Å². The molecule has 4 rings (SSSR count). The molecule has 0 saturated heterocycles. The van der Waals surface area contributed by atoms with E-state index in [1.54, 1.807) is 6.92 Å². The van der Waals surface area contributed by atoms with Crippen LogP contribution in [0.15, 0.2) is 0 Å². The second kappa shape index (κ2) is 4.57. The molecular formula is C18H29NO2. The zero-order chi connectivity index (χ0) is 15.5. The maximum absolute atomic E-state index is 12.4. The molecule has 4 aliphatic carbocycles. The van der Waals surface area contributed by atoms with Crippen molar-refractivity contribution < 1.29 is 9.59 Å². The molecule has 1 N–H and O–H groups in total. The lowest BCUT2D eigenvalue weighted by atomic mass is 9.40. The van der Waals surface area contributed by atoms with E-state index in [0.717, 1.165) is 5.92 Å². The molecule has 0 aromatic heterocycles. The fourth-order valence-corrected chi connectivity index (χ4v) is 6.62. The van der Waals surface area contributed by atoms with Gasteiger partial charge in [-0.15, -0.1) is 0 Å². The Labute approximate surface area is 128 Å². The van der Waals surface area contributed by atoms with E-state index < -0.39 is 0 Å². The molecule has 0 aliphatic heterocycles. The Morgan fingerprint density at radius 3 is 2.14 bits per heavy atom. The van der Waals surface area contributed by atoms with Crippen LogP contribution in [0.5, 0.6) is 0 Å². The van der Waals surface area contributed by atoms with E-state index in [2.05, 4.69) is 19.2 Å². The number of hydrogen-bond donors (Lipinski definition) is 1.